The Bertz CT molecular complexity index is 570. The zero-order valence-corrected chi connectivity index (χ0v) is 10.1. The highest BCUT2D eigenvalue weighted by Crippen LogP contribution is 2.22. The van der Waals surface area contributed by atoms with Gasteiger partial charge in [0.15, 0.2) is 0 Å². The van der Waals surface area contributed by atoms with Crippen molar-refractivity contribution in [2.45, 2.75) is 6.10 Å². The van der Waals surface area contributed by atoms with E-state index in [9.17, 15) is 9.90 Å². The first-order chi connectivity index (χ1) is 8.61. The minimum absolute atomic E-state index is 0.0834. The van der Waals surface area contributed by atoms with Gasteiger partial charge in [-0.15, -0.1) is 11.6 Å². The monoisotopic (exact) mass is 269 g/mol. The van der Waals surface area contributed by atoms with Crippen molar-refractivity contribution in [2.75, 3.05) is 17.7 Å². The third kappa shape index (κ3) is 2.55. The van der Waals surface area contributed by atoms with Gasteiger partial charge in [0.05, 0.1) is 40.6 Å². The number of carboxylic acid groups (broad SMARTS) is 1. The van der Waals surface area contributed by atoms with Gasteiger partial charge in [0.1, 0.15) is 0 Å². The second-order valence-corrected chi connectivity index (χ2v) is 4.12. The lowest BCUT2D eigenvalue weighted by molar-refractivity contribution is 0.0698. The predicted molar refractivity (Wildman–Crippen MR) is 68.3 cm³/mol. The van der Waals surface area contributed by atoms with Crippen molar-refractivity contribution in [2.24, 2.45) is 0 Å². The molecule has 1 atom stereocenters. The lowest BCUT2D eigenvalue weighted by atomic mass is 10.1. The number of imidazole rings is 1. The summed E-state index contributed by atoms with van der Waals surface area (Å²) in [5.41, 5.74) is 1.83. The van der Waals surface area contributed by atoms with Crippen LogP contribution in [0, 0.1) is 0 Å². The molecule has 0 bridgehead atoms. The van der Waals surface area contributed by atoms with E-state index in [0.717, 1.165) is 0 Å². The van der Waals surface area contributed by atoms with Gasteiger partial charge < -0.3 is 20.5 Å². The Labute approximate surface area is 108 Å². The van der Waals surface area contributed by atoms with Crippen molar-refractivity contribution in [3.63, 3.8) is 0 Å². The molecular formula is C11H12ClN3O3. The van der Waals surface area contributed by atoms with Crippen LogP contribution in [0.2, 0.25) is 0 Å². The maximum Gasteiger partial charge on any atom is 0.337 e. The van der Waals surface area contributed by atoms with Gasteiger partial charge in [-0.1, -0.05) is 0 Å². The number of hydrogen-bond acceptors (Lipinski definition) is 4. The molecule has 6 nitrogen and oxygen atoms in total. The molecule has 1 heterocycles. The topological polar surface area (TPSA) is 98.2 Å². The van der Waals surface area contributed by atoms with E-state index in [1.807, 2.05) is 0 Å². The Morgan fingerprint density at radius 1 is 1.56 bits per heavy atom. The number of nitrogens with zero attached hydrogens (tertiary/aromatic N) is 1. The van der Waals surface area contributed by atoms with Gasteiger partial charge in [0.2, 0.25) is 0 Å². The van der Waals surface area contributed by atoms with Crippen molar-refractivity contribution < 1.29 is 15.0 Å². The Balaban J connectivity index is 2.33. The number of fused-ring (bicyclic) bond motifs is 1. The first-order valence-electron chi connectivity index (χ1n) is 5.30. The summed E-state index contributed by atoms with van der Waals surface area (Å²) in [5, 5.41) is 21.3. The average molecular weight is 270 g/mol. The molecule has 0 spiro atoms. The molecule has 0 aliphatic rings. The van der Waals surface area contributed by atoms with Crippen LogP contribution in [-0.4, -0.2) is 44.7 Å². The maximum absolute atomic E-state index is 11.1. The number of nitrogens with one attached hydrogen (secondary N) is 2. The number of H-pyrrole nitrogens is 1. The predicted octanol–water partition coefficient (Wildman–Crippen LogP) is 1.27. The molecule has 4 N–H and O–H groups in total. The van der Waals surface area contributed by atoms with Gasteiger partial charge in [0.25, 0.3) is 0 Å². The largest absolute Gasteiger partial charge is 0.478 e. The average Bonchev–Trinajstić information content (AvgIpc) is 2.81. The van der Waals surface area contributed by atoms with Gasteiger partial charge in [-0.05, 0) is 12.1 Å². The molecule has 7 heteroatoms. The first-order valence-corrected chi connectivity index (χ1v) is 5.83. The molecule has 18 heavy (non-hydrogen) atoms. The minimum Gasteiger partial charge on any atom is -0.478 e. The van der Waals surface area contributed by atoms with Crippen LogP contribution < -0.4 is 5.32 Å². The number of halogens is 1. The van der Waals surface area contributed by atoms with Crippen LogP contribution in [-0.2, 0) is 0 Å². The lowest BCUT2D eigenvalue weighted by Gasteiger charge is -2.12. The molecule has 0 fully saturated rings. The number of hydrogen-bond donors (Lipinski definition) is 4. The molecule has 0 radical (unpaired) electrons. The van der Waals surface area contributed by atoms with Crippen molar-refractivity contribution in [1.82, 2.24) is 9.97 Å². The van der Waals surface area contributed by atoms with Crippen LogP contribution in [0.3, 0.4) is 0 Å². The second-order valence-electron chi connectivity index (χ2n) is 3.81. The van der Waals surface area contributed by atoms with Crippen molar-refractivity contribution in [1.29, 1.82) is 0 Å². The Morgan fingerprint density at radius 3 is 3.00 bits per heavy atom. The number of aromatic amines is 1. The maximum atomic E-state index is 11.1. The zero-order valence-electron chi connectivity index (χ0n) is 9.35. The van der Waals surface area contributed by atoms with Gasteiger partial charge in [-0.3, -0.25) is 0 Å². The third-order valence-corrected chi connectivity index (χ3v) is 2.85. The number of carboxylic acids is 1. The molecule has 0 aliphatic heterocycles. The SMILES string of the molecule is O=C(O)c1cc2[nH]cnc2cc1NCC(O)CCl. The summed E-state index contributed by atoms with van der Waals surface area (Å²) < 4.78 is 0. The molecule has 96 valence electrons. The highest BCUT2D eigenvalue weighted by molar-refractivity contribution is 6.18. The molecule has 2 rings (SSSR count). The number of anilines is 1. The van der Waals surface area contributed by atoms with Gasteiger partial charge >= 0.3 is 5.97 Å². The Kier molecular flexibility index (Phi) is 3.69. The van der Waals surface area contributed by atoms with E-state index in [4.69, 9.17) is 16.7 Å². The fourth-order valence-electron chi connectivity index (χ4n) is 1.59. The standard InChI is InChI=1S/C11H12ClN3O3/c12-3-6(16)4-13-8-2-10-9(14-5-15-10)1-7(8)11(17)18/h1-2,5-6,13,16H,3-4H2,(H,14,15)(H,17,18). The number of carbonyl (C=O) groups is 1. The molecule has 2 aromatic rings. The van der Waals surface area contributed by atoms with Crippen LogP contribution in [0.25, 0.3) is 11.0 Å². The quantitative estimate of drug-likeness (QED) is 0.613. The number of aromatic nitrogens is 2. The minimum atomic E-state index is -1.05. The van der Waals surface area contributed by atoms with Crippen molar-refractivity contribution in [3.05, 3.63) is 24.0 Å². The van der Waals surface area contributed by atoms with E-state index in [1.165, 1.54) is 12.4 Å². The normalized spacial score (nSPS) is 12.6. The van der Waals surface area contributed by atoms with Crippen LogP contribution in [0.15, 0.2) is 18.5 Å². The smallest absolute Gasteiger partial charge is 0.337 e. The summed E-state index contributed by atoms with van der Waals surface area (Å²) in [6.45, 7) is 0.180. The van der Waals surface area contributed by atoms with Crippen molar-refractivity contribution in [3.8, 4) is 0 Å². The molecule has 1 aromatic carbocycles. The summed E-state index contributed by atoms with van der Waals surface area (Å²) in [5.74, 6) is -0.963. The van der Waals surface area contributed by atoms with Crippen molar-refractivity contribution >= 4 is 34.3 Å². The van der Waals surface area contributed by atoms with E-state index in [0.29, 0.717) is 16.7 Å². The lowest BCUT2D eigenvalue weighted by Crippen LogP contribution is -2.21. The number of benzene rings is 1. The third-order valence-electron chi connectivity index (χ3n) is 2.50. The van der Waals surface area contributed by atoms with Gasteiger partial charge in [-0.25, -0.2) is 9.78 Å². The van der Waals surface area contributed by atoms with E-state index in [1.54, 1.807) is 6.07 Å². The zero-order chi connectivity index (χ0) is 13.1. The first kappa shape index (κ1) is 12.7. The van der Waals surface area contributed by atoms with Crippen LogP contribution in [0.5, 0.6) is 0 Å². The molecule has 0 aliphatic carbocycles. The fraction of sp³-hybridized carbons (Fsp3) is 0.273. The summed E-state index contributed by atoms with van der Waals surface area (Å²) in [4.78, 5) is 18.0. The molecular weight excluding hydrogens is 258 g/mol. The number of aromatic carboxylic acids is 1. The van der Waals surface area contributed by atoms with Crippen LogP contribution >= 0.6 is 11.6 Å². The molecule has 0 amide bonds. The molecule has 1 unspecified atom stereocenters. The summed E-state index contributed by atoms with van der Waals surface area (Å²) in [6.07, 6.45) is 0.761. The highest BCUT2D eigenvalue weighted by atomic mass is 35.5. The van der Waals surface area contributed by atoms with Gasteiger partial charge in [-0.2, -0.15) is 0 Å². The summed E-state index contributed by atoms with van der Waals surface area (Å²) in [7, 11) is 0. The van der Waals surface area contributed by atoms with E-state index < -0.39 is 12.1 Å². The number of aliphatic hydroxyl groups is 1. The molecule has 0 saturated carbocycles. The van der Waals surface area contributed by atoms with E-state index in [-0.39, 0.29) is 18.0 Å². The van der Waals surface area contributed by atoms with Gasteiger partial charge in [0, 0.05) is 6.54 Å². The van der Waals surface area contributed by atoms with E-state index in [2.05, 4.69) is 15.3 Å². The van der Waals surface area contributed by atoms with E-state index >= 15 is 0 Å². The number of rotatable bonds is 5. The Hall–Kier alpha value is -1.79. The van der Waals surface area contributed by atoms with Crippen LogP contribution in [0.4, 0.5) is 5.69 Å². The summed E-state index contributed by atoms with van der Waals surface area (Å²) in [6, 6.07) is 3.12. The number of alkyl halides is 1. The summed E-state index contributed by atoms with van der Waals surface area (Å²) >= 11 is 5.47. The molecule has 0 saturated heterocycles. The molecule has 1 aromatic heterocycles. The highest BCUT2D eigenvalue weighted by Gasteiger charge is 2.13. The Morgan fingerprint density at radius 2 is 2.33 bits per heavy atom. The van der Waals surface area contributed by atoms with Crippen LogP contribution in [0.1, 0.15) is 10.4 Å². The number of aliphatic hydroxyl groups excluding tert-OH is 1. The fourth-order valence-corrected chi connectivity index (χ4v) is 1.70. The second kappa shape index (κ2) is 5.24.